The molecule has 0 bridgehead atoms. The number of amides is 1. The summed E-state index contributed by atoms with van der Waals surface area (Å²) in [6.45, 7) is 11.6. The zero-order valence-corrected chi connectivity index (χ0v) is 14.9. The molecule has 0 fully saturated rings. The highest BCUT2D eigenvalue weighted by atomic mass is 16.6. The molecule has 7 nitrogen and oxygen atoms in total. The zero-order chi connectivity index (χ0) is 18.0. The third-order valence-corrected chi connectivity index (χ3v) is 2.89. The molecule has 0 aromatic carbocycles. The number of aromatic nitrogens is 3. The van der Waals surface area contributed by atoms with Crippen molar-refractivity contribution in [3.05, 3.63) is 29.6 Å². The summed E-state index contributed by atoms with van der Waals surface area (Å²) >= 11 is 0. The van der Waals surface area contributed by atoms with E-state index >= 15 is 0 Å². The van der Waals surface area contributed by atoms with Crippen molar-refractivity contribution in [1.82, 2.24) is 15.2 Å². The number of ether oxygens (including phenoxy) is 1. The largest absolute Gasteiger partial charge is 0.444 e. The van der Waals surface area contributed by atoms with Gasteiger partial charge in [0, 0.05) is 17.6 Å². The minimum Gasteiger partial charge on any atom is -0.444 e. The molecule has 2 N–H and O–H groups in total. The van der Waals surface area contributed by atoms with Gasteiger partial charge in [-0.15, -0.1) is 0 Å². The third kappa shape index (κ3) is 5.26. The molecule has 130 valence electrons. The van der Waals surface area contributed by atoms with E-state index in [1.165, 1.54) is 0 Å². The molecular formula is C17H24N4O3. The summed E-state index contributed by atoms with van der Waals surface area (Å²) in [4.78, 5) is 15.9. The lowest BCUT2D eigenvalue weighted by Crippen LogP contribution is -2.27. The first-order valence-electron chi connectivity index (χ1n) is 7.73. The molecule has 0 unspecified atom stereocenters. The Kier molecular flexibility index (Phi) is 4.82. The number of oxazole rings is 1. The molecule has 2 rings (SSSR count). The summed E-state index contributed by atoms with van der Waals surface area (Å²) in [5.74, 6) is 1.71. The maximum atomic E-state index is 11.7. The van der Waals surface area contributed by atoms with Crippen LogP contribution >= 0.6 is 0 Å². The van der Waals surface area contributed by atoms with Gasteiger partial charge in [-0.25, -0.2) is 9.78 Å². The lowest BCUT2D eigenvalue weighted by atomic mass is 9.94. The molecule has 2 aromatic rings. The quantitative estimate of drug-likeness (QED) is 0.878. The van der Waals surface area contributed by atoms with Gasteiger partial charge < -0.3 is 9.15 Å². The number of H-pyrrole nitrogens is 1. The number of hydrogen-bond acceptors (Lipinski definition) is 5. The maximum absolute atomic E-state index is 11.7. The Balaban J connectivity index is 1.98. The highest BCUT2D eigenvalue weighted by Crippen LogP contribution is 2.23. The molecule has 7 heteroatoms. The molecule has 0 saturated carbocycles. The number of aromatic amines is 1. The summed E-state index contributed by atoms with van der Waals surface area (Å²) in [6.07, 6.45) is 4.68. The van der Waals surface area contributed by atoms with Crippen molar-refractivity contribution in [2.45, 2.75) is 52.6 Å². The minimum atomic E-state index is -0.557. The molecule has 0 saturated heterocycles. The van der Waals surface area contributed by atoms with E-state index in [2.05, 4.69) is 41.3 Å². The van der Waals surface area contributed by atoms with E-state index in [-0.39, 0.29) is 5.41 Å². The van der Waals surface area contributed by atoms with E-state index in [1.54, 1.807) is 45.2 Å². The monoisotopic (exact) mass is 332 g/mol. The minimum absolute atomic E-state index is 0.0857. The van der Waals surface area contributed by atoms with E-state index in [9.17, 15) is 4.79 Å². The average Bonchev–Trinajstić information content (AvgIpc) is 3.01. The van der Waals surface area contributed by atoms with E-state index < -0.39 is 11.7 Å². The lowest BCUT2D eigenvalue weighted by molar-refractivity contribution is 0.0635. The molecule has 24 heavy (non-hydrogen) atoms. The fourth-order valence-corrected chi connectivity index (χ4v) is 1.77. The van der Waals surface area contributed by atoms with Gasteiger partial charge in [0.15, 0.2) is 5.82 Å². The molecule has 0 atom stereocenters. The summed E-state index contributed by atoms with van der Waals surface area (Å²) in [5, 5.41) is 9.37. The second-order valence-corrected chi connectivity index (χ2v) is 7.48. The Labute approximate surface area is 141 Å². The number of nitrogens with zero attached hydrogens (tertiary/aromatic N) is 2. The Morgan fingerprint density at radius 2 is 1.96 bits per heavy atom. The number of carbonyl (C=O) groups excluding carboxylic acids is 1. The molecule has 0 aliphatic heterocycles. The maximum Gasteiger partial charge on any atom is 0.413 e. The fourth-order valence-electron chi connectivity index (χ4n) is 1.77. The first-order valence-corrected chi connectivity index (χ1v) is 7.73. The number of hydrogen-bond donors (Lipinski definition) is 2. The van der Waals surface area contributed by atoms with E-state index in [4.69, 9.17) is 9.15 Å². The standard InChI is InChI=1S/C17H24N4O3/c1-16(2,3)12-10-18-14(23-12)8-7-11-9-13(21-20-11)19-15(22)24-17(4,5)6/h7-10H,1-6H3,(H2,19,20,21,22). The van der Waals surface area contributed by atoms with Crippen LogP contribution in [0.3, 0.4) is 0 Å². The van der Waals surface area contributed by atoms with Crippen LogP contribution in [0.2, 0.25) is 0 Å². The van der Waals surface area contributed by atoms with Crippen LogP contribution < -0.4 is 5.32 Å². The van der Waals surface area contributed by atoms with Crippen LogP contribution in [0.1, 0.15) is 58.9 Å². The molecule has 2 aromatic heterocycles. The smallest absolute Gasteiger partial charge is 0.413 e. The number of rotatable bonds is 3. The highest BCUT2D eigenvalue weighted by molar-refractivity contribution is 5.84. The van der Waals surface area contributed by atoms with Crippen LogP contribution in [0, 0.1) is 0 Å². The Morgan fingerprint density at radius 3 is 2.54 bits per heavy atom. The van der Waals surface area contributed by atoms with Crippen LogP contribution in [0.5, 0.6) is 0 Å². The second kappa shape index (κ2) is 6.51. The van der Waals surface area contributed by atoms with E-state index in [1.807, 2.05) is 0 Å². The number of carbonyl (C=O) groups is 1. The van der Waals surface area contributed by atoms with Crippen molar-refractivity contribution >= 4 is 24.1 Å². The first-order chi connectivity index (χ1) is 11.0. The van der Waals surface area contributed by atoms with Gasteiger partial charge in [0.2, 0.25) is 5.89 Å². The number of nitrogens with one attached hydrogen (secondary N) is 2. The molecule has 1 amide bonds. The van der Waals surface area contributed by atoms with Crippen molar-refractivity contribution in [2.75, 3.05) is 5.32 Å². The highest BCUT2D eigenvalue weighted by Gasteiger charge is 2.19. The SMILES string of the molecule is CC(C)(C)OC(=O)Nc1cc(C=Cc2ncc(C(C)(C)C)o2)[nH]n1. The van der Waals surface area contributed by atoms with Crippen LogP contribution in [0.15, 0.2) is 16.7 Å². The fraction of sp³-hybridized carbons (Fsp3) is 0.471. The van der Waals surface area contributed by atoms with Crippen molar-refractivity contribution < 1.29 is 13.9 Å². The second-order valence-electron chi connectivity index (χ2n) is 7.48. The summed E-state index contributed by atoms with van der Waals surface area (Å²) < 4.78 is 10.8. The summed E-state index contributed by atoms with van der Waals surface area (Å²) in [6, 6.07) is 1.69. The predicted octanol–water partition coefficient (Wildman–Crippen LogP) is 4.21. The molecule has 0 aliphatic rings. The zero-order valence-electron chi connectivity index (χ0n) is 14.9. The van der Waals surface area contributed by atoms with Crippen molar-refractivity contribution in [1.29, 1.82) is 0 Å². The Bertz CT molecular complexity index is 730. The first kappa shape index (κ1) is 17.8. The lowest BCUT2D eigenvalue weighted by Gasteiger charge is -2.18. The van der Waals surface area contributed by atoms with Gasteiger partial charge in [-0.1, -0.05) is 20.8 Å². The molecule has 2 heterocycles. The third-order valence-electron chi connectivity index (χ3n) is 2.89. The van der Waals surface area contributed by atoms with Gasteiger partial charge in [-0.3, -0.25) is 10.4 Å². The van der Waals surface area contributed by atoms with Gasteiger partial charge in [0.1, 0.15) is 11.4 Å². The molecule has 0 spiro atoms. The summed E-state index contributed by atoms with van der Waals surface area (Å²) in [5.41, 5.74) is 0.0627. The average molecular weight is 332 g/mol. The normalized spacial score (nSPS) is 12.6. The van der Waals surface area contributed by atoms with Crippen LogP contribution in [0.25, 0.3) is 12.2 Å². The van der Waals surface area contributed by atoms with E-state index in [0.29, 0.717) is 17.4 Å². The van der Waals surface area contributed by atoms with Crippen LogP contribution in [-0.2, 0) is 10.2 Å². The van der Waals surface area contributed by atoms with Gasteiger partial charge in [-0.2, -0.15) is 5.10 Å². The topological polar surface area (TPSA) is 93.0 Å². The van der Waals surface area contributed by atoms with Crippen molar-refractivity contribution in [2.24, 2.45) is 0 Å². The predicted molar refractivity (Wildman–Crippen MR) is 92.6 cm³/mol. The molecule has 0 radical (unpaired) electrons. The van der Waals surface area contributed by atoms with Crippen LogP contribution in [-0.4, -0.2) is 26.9 Å². The van der Waals surface area contributed by atoms with Crippen LogP contribution in [0.4, 0.5) is 10.6 Å². The van der Waals surface area contributed by atoms with Gasteiger partial charge in [0.05, 0.1) is 11.9 Å². The molecular weight excluding hydrogens is 308 g/mol. The van der Waals surface area contributed by atoms with Crippen molar-refractivity contribution in [3.63, 3.8) is 0 Å². The van der Waals surface area contributed by atoms with Gasteiger partial charge >= 0.3 is 6.09 Å². The van der Waals surface area contributed by atoms with Gasteiger partial charge in [0.25, 0.3) is 0 Å². The Hall–Kier alpha value is -2.57. The Morgan fingerprint density at radius 1 is 1.25 bits per heavy atom. The summed E-state index contributed by atoms with van der Waals surface area (Å²) in [7, 11) is 0. The van der Waals surface area contributed by atoms with E-state index in [0.717, 1.165) is 5.76 Å². The number of anilines is 1. The van der Waals surface area contributed by atoms with Crippen molar-refractivity contribution in [3.8, 4) is 0 Å². The van der Waals surface area contributed by atoms with Gasteiger partial charge in [-0.05, 0) is 26.8 Å². The molecule has 0 aliphatic carbocycles.